The van der Waals surface area contributed by atoms with Crippen LogP contribution in [0.5, 0.6) is 0 Å². The first-order chi connectivity index (χ1) is 10.3. The van der Waals surface area contributed by atoms with Crippen molar-refractivity contribution in [2.24, 2.45) is 5.92 Å². The lowest BCUT2D eigenvalue weighted by molar-refractivity contribution is 0.309. The van der Waals surface area contributed by atoms with E-state index in [1.807, 2.05) is 0 Å². The zero-order valence-electron chi connectivity index (χ0n) is 13.5. The summed E-state index contributed by atoms with van der Waals surface area (Å²) < 4.78 is 5.65. The van der Waals surface area contributed by atoms with Crippen molar-refractivity contribution in [2.45, 2.75) is 83.1 Å². The molecule has 2 aliphatic carbocycles. The van der Waals surface area contributed by atoms with Crippen LogP contribution < -0.4 is 5.32 Å². The molecule has 0 radical (unpaired) electrons. The minimum atomic E-state index is 0.429. The van der Waals surface area contributed by atoms with E-state index >= 15 is 0 Å². The highest BCUT2D eigenvalue weighted by Crippen LogP contribution is 2.37. The molecule has 0 saturated heterocycles. The topological polar surface area (TPSA) is 51.0 Å². The predicted molar refractivity (Wildman–Crippen MR) is 83.3 cm³/mol. The van der Waals surface area contributed by atoms with Gasteiger partial charge in [0.25, 0.3) is 0 Å². The second-order valence-electron chi connectivity index (χ2n) is 7.06. The molecule has 4 unspecified atom stereocenters. The highest BCUT2D eigenvalue weighted by molar-refractivity contribution is 5.05. The quantitative estimate of drug-likeness (QED) is 0.891. The van der Waals surface area contributed by atoms with Crippen molar-refractivity contribution in [1.82, 2.24) is 15.5 Å². The SMILES string of the molecule is CCCNC1CCCC1c1nc(C2CCCC(C)C2)no1. The van der Waals surface area contributed by atoms with Crippen molar-refractivity contribution in [1.29, 1.82) is 0 Å². The summed E-state index contributed by atoms with van der Waals surface area (Å²) in [6, 6.07) is 0.531. The maximum absolute atomic E-state index is 5.65. The van der Waals surface area contributed by atoms with Crippen molar-refractivity contribution in [2.75, 3.05) is 6.54 Å². The second-order valence-corrected chi connectivity index (χ2v) is 7.06. The fourth-order valence-corrected chi connectivity index (χ4v) is 4.06. The monoisotopic (exact) mass is 291 g/mol. The summed E-state index contributed by atoms with van der Waals surface area (Å²) >= 11 is 0. The summed E-state index contributed by atoms with van der Waals surface area (Å²) in [4.78, 5) is 4.79. The molecule has 1 aromatic heterocycles. The Morgan fingerprint density at radius 3 is 2.86 bits per heavy atom. The number of hydrogen-bond acceptors (Lipinski definition) is 4. The maximum atomic E-state index is 5.65. The van der Waals surface area contributed by atoms with Crippen LogP contribution in [-0.4, -0.2) is 22.7 Å². The third-order valence-electron chi connectivity index (χ3n) is 5.25. The molecule has 3 rings (SSSR count). The van der Waals surface area contributed by atoms with Crippen molar-refractivity contribution in [3.8, 4) is 0 Å². The van der Waals surface area contributed by atoms with E-state index in [9.17, 15) is 0 Å². The lowest BCUT2D eigenvalue weighted by atomic mass is 9.82. The van der Waals surface area contributed by atoms with Crippen LogP contribution in [0.3, 0.4) is 0 Å². The average Bonchev–Trinajstić information content (AvgIpc) is 3.13. The predicted octanol–water partition coefficient (Wildman–Crippen LogP) is 4.00. The molecule has 2 aliphatic rings. The molecule has 0 aliphatic heterocycles. The molecule has 0 amide bonds. The van der Waals surface area contributed by atoms with Gasteiger partial charge in [-0.25, -0.2) is 0 Å². The molecule has 1 N–H and O–H groups in total. The molecule has 2 saturated carbocycles. The van der Waals surface area contributed by atoms with Crippen LogP contribution in [0.15, 0.2) is 4.52 Å². The first kappa shape index (κ1) is 15.0. The molecule has 0 bridgehead atoms. The van der Waals surface area contributed by atoms with Crippen LogP contribution >= 0.6 is 0 Å². The highest BCUT2D eigenvalue weighted by atomic mass is 16.5. The normalized spacial score (nSPS) is 33.4. The van der Waals surface area contributed by atoms with Crippen LogP contribution in [0.25, 0.3) is 0 Å². The van der Waals surface area contributed by atoms with E-state index < -0.39 is 0 Å². The van der Waals surface area contributed by atoms with E-state index in [-0.39, 0.29) is 0 Å². The van der Waals surface area contributed by atoms with E-state index in [0.717, 1.165) is 24.2 Å². The fraction of sp³-hybridized carbons (Fsp3) is 0.882. The van der Waals surface area contributed by atoms with Crippen LogP contribution in [0.4, 0.5) is 0 Å². The maximum Gasteiger partial charge on any atom is 0.231 e. The number of rotatable bonds is 5. The third kappa shape index (κ3) is 3.47. The van der Waals surface area contributed by atoms with E-state index in [0.29, 0.717) is 17.9 Å². The Morgan fingerprint density at radius 2 is 2.05 bits per heavy atom. The van der Waals surface area contributed by atoms with Crippen LogP contribution in [0, 0.1) is 5.92 Å². The minimum Gasteiger partial charge on any atom is -0.339 e. The van der Waals surface area contributed by atoms with E-state index in [2.05, 4.69) is 24.3 Å². The number of nitrogens with one attached hydrogen (secondary N) is 1. The van der Waals surface area contributed by atoms with Crippen molar-refractivity contribution < 1.29 is 4.52 Å². The van der Waals surface area contributed by atoms with Crippen molar-refractivity contribution in [3.05, 3.63) is 11.7 Å². The van der Waals surface area contributed by atoms with Crippen molar-refractivity contribution >= 4 is 0 Å². The van der Waals surface area contributed by atoms with Gasteiger partial charge < -0.3 is 9.84 Å². The Kier molecular flexibility index (Phi) is 4.94. The number of aromatic nitrogens is 2. The van der Waals surface area contributed by atoms with Crippen LogP contribution in [0.1, 0.15) is 88.8 Å². The molecule has 0 spiro atoms. The van der Waals surface area contributed by atoms with Gasteiger partial charge in [0.1, 0.15) is 0 Å². The lowest BCUT2D eigenvalue weighted by Crippen LogP contribution is -2.31. The van der Waals surface area contributed by atoms with E-state index in [1.54, 1.807) is 0 Å². The molecular weight excluding hydrogens is 262 g/mol. The van der Waals surface area contributed by atoms with Gasteiger partial charge in [-0.3, -0.25) is 0 Å². The Bertz CT molecular complexity index is 445. The highest BCUT2D eigenvalue weighted by Gasteiger charge is 2.33. The minimum absolute atomic E-state index is 0.429. The third-order valence-corrected chi connectivity index (χ3v) is 5.25. The van der Waals surface area contributed by atoms with Crippen molar-refractivity contribution in [3.63, 3.8) is 0 Å². The zero-order chi connectivity index (χ0) is 14.7. The molecule has 4 atom stereocenters. The molecule has 1 heterocycles. The molecule has 4 heteroatoms. The van der Waals surface area contributed by atoms with Gasteiger partial charge in [0.15, 0.2) is 5.82 Å². The Morgan fingerprint density at radius 1 is 1.19 bits per heavy atom. The molecule has 118 valence electrons. The van der Waals surface area contributed by atoms with Gasteiger partial charge in [0, 0.05) is 12.0 Å². The van der Waals surface area contributed by atoms with Crippen LogP contribution in [-0.2, 0) is 0 Å². The van der Waals surface area contributed by atoms with Crippen LogP contribution in [0.2, 0.25) is 0 Å². The lowest BCUT2D eigenvalue weighted by Gasteiger charge is -2.24. The van der Waals surface area contributed by atoms with Gasteiger partial charge in [0.05, 0.1) is 5.92 Å². The van der Waals surface area contributed by atoms with Gasteiger partial charge in [-0.2, -0.15) is 4.98 Å². The second kappa shape index (κ2) is 6.91. The zero-order valence-corrected chi connectivity index (χ0v) is 13.5. The molecule has 0 aromatic carbocycles. The number of hydrogen-bond donors (Lipinski definition) is 1. The summed E-state index contributed by atoms with van der Waals surface area (Å²) in [6.07, 6.45) is 9.98. The largest absolute Gasteiger partial charge is 0.339 e. The van der Waals surface area contributed by atoms with Gasteiger partial charge in [0.2, 0.25) is 5.89 Å². The standard InChI is InChI=1S/C17H29N3O/c1-3-10-18-15-9-5-8-14(15)17-19-16(20-21-17)13-7-4-6-12(2)11-13/h12-15,18H,3-11H2,1-2H3. The molecule has 2 fully saturated rings. The van der Waals surface area contributed by atoms with Gasteiger partial charge in [-0.15, -0.1) is 0 Å². The van der Waals surface area contributed by atoms with E-state index in [4.69, 9.17) is 9.51 Å². The molecule has 1 aromatic rings. The molecule has 21 heavy (non-hydrogen) atoms. The first-order valence-electron chi connectivity index (χ1n) is 8.84. The summed E-state index contributed by atoms with van der Waals surface area (Å²) in [5.74, 6) is 3.61. The Balaban J connectivity index is 1.66. The van der Waals surface area contributed by atoms with E-state index in [1.165, 1.54) is 51.4 Å². The molecular formula is C17H29N3O. The summed E-state index contributed by atoms with van der Waals surface area (Å²) in [6.45, 7) is 5.64. The summed E-state index contributed by atoms with van der Waals surface area (Å²) in [5.41, 5.74) is 0. The Labute approximate surface area is 128 Å². The smallest absolute Gasteiger partial charge is 0.231 e. The van der Waals surface area contributed by atoms with Gasteiger partial charge >= 0.3 is 0 Å². The summed E-state index contributed by atoms with van der Waals surface area (Å²) in [7, 11) is 0. The van der Waals surface area contributed by atoms with Gasteiger partial charge in [-0.1, -0.05) is 38.3 Å². The summed E-state index contributed by atoms with van der Waals surface area (Å²) in [5, 5.41) is 7.97. The first-order valence-corrected chi connectivity index (χ1v) is 8.84. The average molecular weight is 291 g/mol. The van der Waals surface area contributed by atoms with Gasteiger partial charge in [-0.05, 0) is 44.6 Å². The fourth-order valence-electron chi connectivity index (χ4n) is 4.06. The Hall–Kier alpha value is -0.900. The molecule has 4 nitrogen and oxygen atoms in total. The number of nitrogens with zero attached hydrogens (tertiary/aromatic N) is 2.